The molecule has 0 unspecified atom stereocenters. The molecule has 0 fully saturated rings. The van der Waals surface area contributed by atoms with Gasteiger partial charge in [0.25, 0.3) is 0 Å². The predicted molar refractivity (Wildman–Crippen MR) is 100.0 cm³/mol. The number of halogens is 1. The number of furan rings is 1. The Hall–Kier alpha value is -2.29. The molecular formula is C16H12ClN5OS2. The van der Waals surface area contributed by atoms with Crippen molar-refractivity contribution in [2.75, 3.05) is 5.84 Å². The Kier molecular flexibility index (Phi) is 4.48. The second kappa shape index (κ2) is 6.91. The molecule has 0 saturated heterocycles. The van der Waals surface area contributed by atoms with E-state index in [1.807, 2.05) is 29.6 Å². The Morgan fingerprint density at radius 2 is 2.08 bits per heavy atom. The van der Waals surface area contributed by atoms with Crippen LogP contribution in [0.1, 0.15) is 5.69 Å². The van der Waals surface area contributed by atoms with Crippen molar-refractivity contribution >= 4 is 34.7 Å². The fourth-order valence-electron chi connectivity index (χ4n) is 2.22. The fraction of sp³-hybridized carbons (Fsp3) is 0.0625. The molecule has 1 aromatic carbocycles. The van der Waals surface area contributed by atoms with Crippen LogP contribution in [0.5, 0.6) is 0 Å². The van der Waals surface area contributed by atoms with Crippen molar-refractivity contribution in [2.45, 2.75) is 10.9 Å². The van der Waals surface area contributed by atoms with Crippen molar-refractivity contribution in [3.63, 3.8) is 0 Å². The average Bonchev–Trinajstić information content (AvgIpc) is 3.34. The number of nitrogens with two attached hydrogens (primary N) is 1. The third kappa shape index (κ3) is 3.28. The van der Waals surface area contributed by atoms with Gasteiger partial charge in [0, 0.05) is 16.7 Å². The number of thioether (sulfide) groups is 1. The van der Waals surface area contributed by atoms with Gasteiger partial charge >= 0.3 is 0 Å². The molecule has 6 nitrogen and oxygen atoms in total. The van der Waals surface area contributed by atoms with Crippen LogP contribution in [0.2, 0.25) is 5.02 Å². The summed E-state index contributed by atoms with van der Waals surface area (Å²) in [6.07, 6.45) is 1.57. The first-order valence-electron chi connectivity index (χ1n) is 7.29. The molecule has 0 spiro atoms. The number of nitrogens with zero attached hydrogens (tertiary/aromatic N) is 4. The maximum absolute atomic E-state index is 6.23. The molecule has 0 saturated carbocycles. The van der Waals surface area contributed by atoms with Gasteiger partial charge in [-0.25, -0.2) is 9.66 Å². The molecule has 4 rings (SSSR count). The molecule has 0 amide bonds. The van der Waals surface area contributed by atoms with E-state index < -0.39 is 0 Å². The summed E-state index contributed by atoms with van der Waals surface area (Å²) in [5, 5.41) is 12.4. The topological polar surface area (TPSA) is 82.8 Å². The van der Waals surface area contributed by atoms with Crippen LogP contribution in [-0.4, -0.2) is 19.9 Å². The zero-order valence-electron chi connectivity index (χ0n) is 12.8. The minimum absolute atomic E-state index is 0.488. The highest BCUT2D eigenvalue weighted by Crippen LogP contribution is 2.32. The molecule has 0 atom stereocenters. The lowest BCUT2D eigenvalue weighted by Crippen LogP contribution is -2.11. The summed E-state index contributed by atoms with van der Waals surface area (Å²) in [4.78, 5) is 4.64. The van der Waals surface area contributed by atoms with E-state index in [0.717, 1.165) is 16.3 Å². The summed E-state index contributed by atoms with van der Waals surface area (Å²) in [5.74, 6) is 7.75. The Labute approximate surface area is 156 Å². The molecule has 0 bridgehead atoms. The van der Waals surface area contributed by atoms with E-state index in [-0.39, 0.29) is 0 Å². The number of aromatic nitrogens is 4. The smallest absolute Gasteiger partial charge is 0.218 e. The van der Waals surface area contributed by atoms with E-state index in [1.165, 1.54) is 16.4 Å². The van der Waals surface area contributed by atoms with Gasteiger partial charge in [-0.2, -0.15) is 0 Å². The molecule has 0 aliphatic heterocycles. The van der Waals surface area contributed by atoms with Crippen molar-refractivity contribution in [1.82, 2.24) is 19.9 Å². The molecule has 3 heterocycles. The monoisotopic (exact) mass is 389 g/mol. The zero-order chi connectivity index (χ0) is 17.2. The maximum atomic E-state index is 6.23. The highest BCUT2D eigenvalue weighted by molar-refractivity contribution is 7.98. The highest BCUT2D eigenvalue weighted by atomic mass is 35.5. The largest absolute Gasteiger partial charge is 0.461 e. The Bertz CT molecular complexity index is 996. The van der Waals surface area contributed by atoms with Crippen LogP contribution in [-0.2, 0) is 5.75 Å². The average molecular weight is 390 g/mol. The summed E-state index contributed by atoms with van der Waals surface area (Å²) in [7, 11) is 0. The SMILES string of the molecule is Nn1c(SCc2csc(-c3ccccc3Cl)n2)nnc1-c1ccco1. The molecule has 0 aliphatic rings. The van der Waals surface area contributed by atoms with E-state index in [1.54, 1.807) is 29.7 Å². The summed E-state index contributed by atoms with van der Waals surface area (Å²) in [6.45, 7) is 0. The van der Waals surface area contributed by atoms with Crippen molar-refractivity contribution in [1.29, 1.82) is 0 Å². The quantitative estimate of drug-likeness (QED) is 0.404. The Balaban J connectivity index is 1.49. The Morgan fingerprint density at radius 3 is 2.88 bits per heavy atom. The van der Waals surface area contributed by atoms with Crippen LogP contribution < -0.4 is 5.84 Å². The molecule has 126 valence electrons. The number of hydrogen-bond acceptors (Lipinski definition) is 7. The number of benzene rings is 1. The standard InChI is InChI=1S/C16H12ClN5OS2/c17-12-5-2-1-4-11(12)15-19-10(8-24-15)9-25-16-21-20-14(22(16)18)13-6-3-7-23-13/h1-8H,9,18H2. The third-order valence-corrected chi connectivity index (χ3v) is 5.64. The number of hydrogen-bond donors (Lipinski definition) is 1. The number of rotatable bonds is 5. The van der Waals surface area contributed by atoms with E-state index in [4.69, 9.17) is 21.9 Å². The van der Waals surface area contributed by atoms with E-state index >= 15 is 0 Å². The van der Waals surface area contributed by atoms with Gasteiger partial charge in [-0.3, -0.25) is 0 Å². The predicted octanol–water partition coefficient (Wildman–Crippen LogP) is 4.32. The summed E-state index contributed by atoms with van der Waals surface area (Å²) in [5.41, 5.74) is 1.87. The van der Waals surface area contributed by atoms with Gasteiger partial charge in [0.2, 0.25) is 11.0 Å². The zero-order valence-corrected chi connectivity index (χ0v) is 15.2. The van der Waals surface area contributed by atoms with Crippen LogP contribution in [0.25, 0.3) is 22.2 Å². The second-order valence-electron chi connectivity index (χ2n) is 5.07. The molecule has 3 aromatic heterocycles. The van der Waals surface area contributed by atoms with Crippen LogP contribution in [0.3, 0.4) is 0 Å². The molecule has 2 N–H and O–H groups in total. The van der Waals surface area contributed by atoms with E-state index in [0.29, 0.717) is 27.5 Å². The summed E-state index contributed by atoms with van der Waals surface area (Å²) < 4.78 is 6.73. The fourth-order valence-corrected chi connectivity index (χ4v) is 4.21. The van der Waals surface area contributed by atoms with Crippen molar-refractivity contribution in [3.8, 4) is 22.2 Å². The molecule has 0 aliphatic carbocycles. The Morgan fingerprint density at radius 1 is 1.20 bits per heavy atom. The summed E-state index contributed by atoms with van der Waals surface area (Å²) in [6, 6.07) is 11.2. The number of nitrogen functional groups attached to an aromatic ring is 1. The molecule has 4 aromatic rings. The second-order valence-corrected chi connectivity index (χ2v) is 7.27. The van der Waals surface area contributed by atoms with Crippen LogP contribution in [0.4, 0.5) is 0 Å². The van der Waals surface area contributed by atoms with Crippen LogP contribution in [0, 0.1) is 0 Å². The first-order chi connectivity index (χ1) is 12.2. The van der Waals surface area contributed by atoms with Gasteiger partial charge in [0.05, 0.1) is 17.0 Å². The van der Waals surface area contributed by atoms with Gasteiger partial charge in [-0.1, -0.05) is 41.6 Å². The van der Waals surface area contributed by atoms with Crippen molar-refractivity contribution < 1.29 is 4.42 Å². The first-order valence-corrected chi connectivity index (χ1v) is 9.53. The van der Waals surface area contributed by atoms with E-state index in [2.05, 4.69) is 15.2 Å². The van der Waals surface area contributed by atoms with Gasteiger partial charge in [-0.15, -0.1) is 21.5 Å². The maximum Gasteiger partial charge on any atom is 0.218 e. The lowest BCUT2D eigenvalue weighted by Gasteiger charge is -2.01. The molecule has 0 radical (unpaired) electrons. The van der Waals surface area contributed by atoms with E-state index in [9.17, 15) is 0 Å². The minimum Gasteiger partial charge on any atom is -0.461 e. The lowest BCUT2D eigenvalue weighted by molar-refractivity contribution is 0.574. The van der Waals surface area contributed by atoms with Gasteiger partial charge < -0.3 is 10.3 Å². The number of thiazole rings is 1. The molecule has 9 heteroatoms. The van der Waals surface area contributed by atoms with Crippen LogP contribution >= 0.6 is 34.7 Å². The highest BCUT2D eigenvalue weighted by Gasteiger charge is 2.15. The summed E-state index contributed by atoms with van der Waals surface area (Å²) >= 11 is 9.25. The van der Waals surface area contributed by atoms with Crippen LogP contribution in [0.15, 0.2) is 57.6 Å². The first kappa shape index (κ1) is 16.2. The van der Waals surface area contributed by atoms with Crippen molar-refractivity contribution in [2.24, 2.45) is 0 Å². The lowest BCUT2D eigenvalue weighted by atomic mass is 10.2. The third-order valence-electron chi connectivity index (χ3n) is 3.41. The van der Waals surface area contributed by atoms with Crippen molar-refractivity contribution in [3.05, 3.63) is 58.8 Å². The van der Waals surface area contributed by atoms with Gasteiger partial charge in [0.15, 0.2) is 5.76 Å². The van der Waals surface area contributed by atoms with Gasteiger partial charge in [-0.05, 0) is 18.2 Å². The molecule has 25 heavy (non-hydrogen) atoms. The normalized spacial score (nSPS) is 11.1. The van der Waals surface area contributed by atoms with Gasteiger partial charge in [0.1, 0.15) is 5.01 Å². The minimum atomic E-state index is 0.488. The molecular weight excluding hydrogens is 378 g/mol.